The summed E-state index contributed by atoms with van der Waals surface area (Å²) in [5, 5.41) is 2.84. The number of hydrogen-bond donors (Lipinski definition) is 1. The van der Waals surface area contributed by atoms with Gasteiger partial charge in [-0.2, -0.15) is 11.8 Å². The maximum atomic E-state index is 13.3. The highest BCUT2D eigenvalue weighted by Gasteiger charge is 2.27. The molecule has 0 aliphatic heterocycles. The van der Waals surface area contributed by atoms with Crippen LogP contribution in [0.1, 0.15) is 26.3 Å². The molecule has 0 radical (unpaired) electrons. The van der Waals surface area contributed by atoms with E-state index >= 15 is 0 Å². The summed E-state index contributed by atoms with van der Waals surface area (Å²) in [6.45, 7) is 8.51. The molecule has 30 heavy (non-hydrogen) atoms. The zero-order valence-electron chi connectivity index (χ0n) is 18.1. The van der Waals surface area contributed by atoms with Gasteiger partial charge in [0, 0.05) is 21.9 Å². The summed E-state index contributed by atoms with van der Waals surface area (Å²) in [4.78, 5) is 13.7. The van der Waals surface area contributed by atoms with Gasteiger partial charge in [-0.3, -0.25) is 9.10 Å². The van der Waals surface area contributed by atoms with Crippen LogP contribution in [0.15, 0.2) is 58.3 Å². The number of carbonyl (C=O) groups is 1. The van der Waals surface area contributed by atoms with E-state index in [4.69, 9.17) is 0 Å². The van der Waals surface area contributed by atoms with Gasteiger partial charge in [-0.1, -0.05) is 38.5 Å². The Morgan fingerprint density at radius 1 is 1.03 bits per heavy atom. The fraction of sp³-hybridized carbons (Fsp3) is 0.409. The first kappa shape index (κ1) is 24.6. The average Bonchev–Trinajstić information content (AvgIpc) is 2.69. The number of carbonyl (C=O) groups excluding carboxylic acids is 1. The van der Waals surface area contributed by atoms with E-state index in [1.807, 2.05) is 25.3 Å². The third-order valence-electron chi connectivity index (χ3n) is 4.22. The Kier molecular flexibility index (Phi) is 8.70. The van der Waals surface area contributed by atoms with Gasteiger partial charge >= 0.3 is 0 Å². The number of hydrogen-bond acceptors (Lipinski definition) is 5. The first-order valence-electron chi connectivity index (χ1n) is 9.67. The highest BCUT2D eigenvalue weighted by Crippen LogP contribution is 2.26. The Bertz CT molecular complexity index is 935. The smallest absolute Gasteiger partial charge is 0.264 e. The molecular weight excluding hydrogens is 436 g/mol. The number of anilines is 1. The van der Waals surface area contributed by atoms with Gasteiger partial charge in [-0.05, 0) is 49.6 Å². The molecule has 0 bridgehead atoms. The van der Waals surface area contributed by atoms with Gasteiger partial charge in [-0.15, -0.1) is 11.8 Å². The van der Waals surface area contributed by atoms with Crippen molar-refractivity contribution in [2.75, 3.05) is 29.4 Å². The van der Waals surface area contributed by atoms with E-state index in [0.29, 0.717) is 12.2 Å². The van der Waals surface area contributed by atoms with Crippen LogP contribution in [-0.4, -0.2) is 44.2 Å². The predicted molar refractivity (Wildman–Crippen MR) is 129 cm³/mol. The van der Waals surface area contributed by atoms with Crippen LogP contribution in [0.5, 0.6) is 0 Å². The highest BCUT2D eigenvalue weighted by atomic mass is 32.2. The molecule has 0 atom stereocenters. The Hall–Kier alpha value is -1.64. The molecule has 2 aromatic rings. The number of aryl methyl sites for hydroxylation is 1. The van der Waals surface area contributed by atoms with Crippen molar-refractivity contribution in [1.82, 2.24) is 5.32 Å². The lowest BCUT2D eigenvalue weighted by Gasteiger charge is -2.24. The van der Waals surface area contributed by atoms with Crippen LogP contribution >= 0.6 is 23.5 Å². The van der Waals surface area contributed by atoms with Crippen molar-refractivity contribution in [1.29, 1.82) is 0 Å². The van der Waals surface area contributed by atoms with Gasteiger partial charge < -0.3 is 5.32 Å². The van der Waals surface area contributed by atoms with Gasteiger partial charge in [-0.25, -0.2) is 8.42 Å². The summed E-state index contributed by atoms with van der Waals surface area (Å²) in [5.74, 6) is 0.442. The van der Waals surface area contributed by atoms with Gasteiger partial charge in [0.2, 0.25) is 5.91 Å². The van der Waals surface area contributed by atoms with Crippen molar-refractivity contribution in [3.05, 3.63) is 54.1 Å². The van der Waals surface area contributed by atoms with Gasteiger partial charge in [0.05, 0.1) is 10.6 Å². The molecule has 0 aromatic heterocycles. The van der Waals surface area contributed by atoms with Crippen molar-refractivity contribution < 1.29 is 13.2 Å². The summed E-state index contributed by atoms with van der Waals surface area (Å²) < 4.78 is 28.0. The van der Waals surface area contributed by atoms with Crippen molar-refractivity contribution in [2.45, 2.75) is 42.2 Å². The maximum absolute atomic E-state index is 13.3. The third-order valence-corrected chi connectivity index (χ3v) is 8.02. The van der Waals surface area contributed by atoms with Gasteiger partial charge in [0.1, 0.15) is 6.54 Å². The van der Waals surface area contributed by atoms with E-state index in [1.54, 1.807) is 59.9 Å². The van der Waals surface area contributed by atoms with Crippen LogP contribution in [0.3, 0.4) is 0 Å². The van der Waals surface area contributed by atoms with E-state index in [-0.39, 0.29) is 22.1 Å². The predicted octanol–water partition coefficient (Wildman–Crippen LogP) is 4.56. The summed E-state index contributed by atoms with van der Waals surface area (Å²) >= 11 is 3.29. The largest absolute Gasteiger partial charge is 0.354 e. The fourth-order valence-corrected chi connectivity index (χ4v) is 5.28. The number of thioether (sulfide) groups is 2. The molecule has 0 saturated heterocycles. The van der Waals surface area contributed by atoms with E-state index < -0.39 is 10.0 Å². The molecule has 8 heteroatoms. The number of rotatable bonds is 9. The fourth-order valence-electron chi connectivity index (χ4n) is 2.64. The SMILES string of the molecule is CSc1ccc(S(=O)(=O)N(CC(=O)NCCSC(C)(C)C)c2ccc(C)cc2)cc1. The molecule has 2 aromatic carbocycles. The minimum atomic E-state index is -3.88. The second-order valence-corrected chi connectivity index (χ2v) is 12.5. The zero-order chi connectivity index (χ0) is 22.4. The molecule has 0 aliphatic carbocycles. The zero-order valence-corrected chi connectivity index (χ0v) is 20.6. The van der Waals surface area contributed by atoms with E-state index in [9.17, 15) is 13.2 Å². The lowest BCUT2D eigenvalue weighted by atomic mass is 10.2. The molecule has 0 unspecified atom stereocenters. The number of nitrogens with one attached hydrogen (secondary N) is 1. The normalized spacial score (nSPS) is 11.9. The van der Waals surface area contributed by atoms with Crippen molar-refractivity contribution >= 4 is 45.1 Å². The average molecular weight is 467 g/mol. The summed E-state index contributed by atoms with van der Waals surface area (Å²) in [6, 6.07) is 13.8. The van der Waals surface area contributed by atoms with Crippen LogP contribution in [0.2, 0.25) is 0 Å². The Morgan fingerprint density at radius 2 is 1.63 bits per heavy atom. The van der Waals surface area contributed by atoms with E-state index in [1.165, 1.54) is 4.31 Å². The molecule has 0 aliphatic rings. The lowest BCUT2D eigenvalue weighted by Crippen LogP contribution is -2.41. The molecule has 0 heterocycles. The first-order valence-corrected chi connectivity index (χ1v) is 13.3. The summed E-state index contributed by atoms with van der Waals surface area (Å²) in [5.41, 5.74) is 1.48. The quantitative estimate of drug-likeness (QED) is 0.433. The lowest BCUT2D eigenvalue weighted by molar-refractivity contribution is -0.119. The second-order valence-electron chi connectivity index (χ2n) is 7.83. The molecule has 1 N–H and O–H groups in total. The van der Waals surface area contributed by atoms with Gasteiger partial charge in [0.15, 0.2) is 0 Å². The van der Waals surface area contributed by atoms with E-state index in [0.717, 1.165) is 16.2 Å². The summed E-state index contributed by atoms with van der Waals surface area (Å²) in [6.07, 6.45) is 1.93. The van der Waals surface area contributed by atoms with Crippen LogP contribution in [0.4, 0.5) is 5.69 Å². The molecule has 5 nitrogen and oxygen atoms in total. The Labute approximate surface area is 189 Å². The van der Waals surface area contributed by atoms with Gasteiger partial charge in [0.25, 0.3) is 10.0 Å². The standard InChI is InChI=1S/C22H30N2O3S3/c1-17-6-8-18(9-7-17)24(16-21(25)23-14-15-29-22(2,3)4)30(26,27)20-12-10-19(28-5)11-13-20/h6-13H,14-16H2,1-5H3,(H,23,25). The van der Waals surface area contributed by atoms with Crippen LogP contribution in [-0.2, 0) is 14.8 Å². The topological polar surface area (TPSA) is 66.5 Å². The molecular formula is C22H30N2O3S3. The van der Waals surface area contributed by atoms with Crippen molar-refractivity contribution in [3.63, 3.8) is 0 Å². The maximum Gasteiger partial charge on any atom is 0.264 e. The van der Waals surface area contributed by atoms with Crippen LogP contribution < -0.4 is 9.62 Å². The number of sulfonamides is 1. The minimum Gasteiger partial charge on any atom is -0.354 e. The van der Waals surface area contributed by atoms with Crippen molar-refractivity contribution in [3.8, 4) is 0 Å². The van der Waals surface area contributed by atoms with Crippen LogP contribution in [0.25, 0.3) is 0 Å². The summed E-state index contributed by atoms with van der Waals surface area (Å²) in [7, 11) is -3.88. The molecule has 1 amide bonds. The van der Waals surface area contributed by atoms with E-state index in [2.05, 4.69) is 26.1 Å². The molecule has 0 saturated carbocycles. The number of benzene rings is 2. The van der Waals surface area contributed by atoms with Crippen molar-refractivity contribution in [2.24, 2.45) is 0 Å². The number of amides is 1. The molecule has 0 fully saturated rings. The third kappa shape index (κ3) is 7.25. The molecule has 164 valence electrons. The first-order chi connectivity index (χ1) is 14.0. The Morgan fingerprint density at radius 3 is 2.17 bits per heavy atom. The monoisotopic (exact) mass is 466 g/mol. The second kappa shape index (κ2) is 10.6. The minimum absolute atomic E-state index is 0.116. The number of nitrogens with zero attached hydrogens (tertiary/aromatic N) is 1. The Balaban J connectivity index is 2.22. The molecule has 2 rings (SSSR count). The highest BCUT2D eigenvalue weighted by molar-refractivity contribution is 8.00. The molecule has 0 spiro atoms. The van der Waals surface area contributed by atoms with Crippen LogP contribution in [0, 0.1) is 6.92 Å².